The normalized spacial score (nSPS) is 15.3. The Morgan fingerprint density at radius 1 is 0.857 bits per heavy atom. The minimum atomic E-state index is -0.489. The van der Waals surface area contributed by atoms with Gasteiger partial charge in [-0.1, -0.05) is 48.5 Å². The lowest BCUT2D eigenvalue weighted by atomic mass is 10.0. The van der Waals surface area contributed by atoms with Crippen LogP contribution in [0.3, 0.4) is 0 Å². The Labute approximate surface area is 209 Å². The molecule has 0 bridgehead atoms. The average molecular weight is 480 g/mol. The van der Waals surface area contributed by atoms with E-state index in [0.29, 0.717) is 5.69 Å². The molecule has 1 fully saturated rings. The zero-order valence-electron chi connectivity index (χ0n) is 20.0. The van der Waals surface area contributed by atoms with E-state index in [0.717, 1.165) is 44.5 Å². The van der Waals surface area contributed by atoms with Crippen molar-refractivity contribution in [3.63, 3.8) is 0 Å². The molecule has 2 amide bonds. The lowest BCUT2D eigenvalue weighted by molar-refractivity contribution is -0.122. The number of aryl methyl sites for hydroxylation is 3. The summed E-state index contributed by atoms with van der Waals surface area (Å²) in [6.07, 6.45) is 1.67. The molecule has 1 aliphatic rings. The highest BCUT2D eigenvalue weighted by Crippen LogP contribution is 2.30. The van der Waals surface area contributed by atoms with Gasteiger partial charge >= 0.3 is 0 Å². The van der Waals surface area contributed by atoms with Gasteiger partial charge in [-0.2, -0.15) is 0 Å². The number of nitrogens with zero attached hydrogens (tertiary/aromatic N) is 2. The first-order chi connectivity index (χ1) is 16.8. The molecule has 0 saturated carbocycles. The number of benzene rings is 3. The molecule has 0 spiro atoms. The maximum absolute atomic E-state index is 13.6. The molecular weight excluding hydrogens is 454 g/mol. The van der Waals surface area contributed by atoms with Gasteiger partial charge in [0.2, 0.25) is 0 Å². The number of rotatable bonds is 3. The Bertz CT molecular complexity index is 1570. The van der Waals surface area contributed by atoms with Gasteiger partial charge in [0.1, 0.15) is 5.57 Å². The van der Waals surface area contributed by atoms with Crippen molar-refractivity contribution in [1.82, 2.24) is 9.88 Å². The zero-order valence-corrected chi connectivity index (χ0v) is 20.9. The van der Waals surface area contributed by atoms with Gasteiger partial charge in [-0.15, -0.1) is 0 Å². The molecule has 1 aliphatic heterocycles. The van der Waals surface area contributed by atoms with E-state index in [1.165, 1.54) is 4.90 Å². The molecule has 5 rings (SSSR count). The van der Waals surface area contributed by atoms with E-state index in [-0.39, 0.29) is 10.7 Å². The van der Waals surface area contributed by atoms with Crippen LogP contribution in [-0.4, -0.2) is 21.5 Å². The molecule has 1 saturated heterocycles. The lowest BCUT2D eigenvalue weighted by Crippen LogP contribution is -2.54. The number of nitrogens with one attached hydrogen (secondary N) is 1. The standard InChI is InChI=1S/C29H25N3O2S/c1-17-12-13-18(2)26(14-17)32-28(34)24(27(33)30-29(32)35)16-22-15-19(3)31(20(22)4)25-11-7-9-21-8-5-6-10-23(21)25/h5-16H,1-4H3,(H,30,33,35)/b24-16+. The monoisotopic (exact) mass is 479 g/mol. The van der Waals surface area contributed by atoms with E-state index in [2.05, 4.69) is 34.1 Å². The molecular formula is C29H25N3O2S. The Kier molecular flexibility index (Phi) is 5.61. The fourth-order valence-corrected chi connectivity index (χ4v) is 4.97. The summed E-state index contributed by atoms with van der Waals surface area (Å²) in [4.78, 5) is 27.9. The highest BCUT2D eigenvalue weighted by molar-refractivity contribution is 7.80. The second-order valence-electron chi connectivity index (χ2n) is 8.91. The quantitative estimate of drug-likeness (QED) is 0.233. The van der Waals surface area contributed by atoms with E-state index in [4.69, 9.17) is 12.2 Å². The highest BCUT2D eigenvalue weighted by atomic mass is 32.1. The molecule has 0 radical (unpaired) electrons. The van der Waals surface area contributed by atoms with Crippen molar-refractivity contribution < 1.29 is 9.59 Å². The summed E-state index contributed by atoms with van der Waals surface area (Å²) in [5.74, 6) is -0.918. The van der Waals surface area contributed by atoms with Gasteiger partial charge in [0.05, 0.1) is 11.4 Å². The molecule has 4 aromatic rings. The molecule has 1 aromatic heterocycles. The predicted molar refractivity (Wildman–Crippen MR) is 145 cm³/mol. The highest BCUT2D eigenvalue weighted by Gasteiger charge is 2.35. The first kappa shape index (κ1) is 22.7. The molecule has 3 aromatic carbocycles. The predicted octanol–water partition coefficient (Wildman–Crippen LogP) is 5.70. The minimum absolute atomic E-state index is 0.0534. The molecule has 0 atom stereocenters. The Morgan fingerprint density at radius 3 is 2.40 bits per heavy atom. The molecule has 174 valence electrons. The molecule has 5 nitrogen and oxygen atoms in total. The second-order valence-corrected chi connectivity index (χ2v) is 9.29. The third kappa shape index (κ3) is 3.86. The fourth-order valence-electron chi connectivity index (χ4n) is 4.70. The minimum Gasteiger partial charge on any atom is -0.317 e. The smallest absolute Gasteiger partial charge is 0.270 e. The third-order valence-electron chi connectivity index (χ3n) is 6.48. The fraction of sp³-hybridized carbons (Fsp3) is 0.138. The molecule has 2 heterocycles. The van der Waals surface area contributed by atoms with Crippen LogP contribution in [0.15, 0.2) is 72.3 Å². The van der Waals surface area contributed by atoms with Gasteiger partial charge < -0.3 is 4.57 Å². The summed E-state index contributed by atoms with van der Waals surface area (Å²) in [7, 11) is 0. The van der Waals surface area contributed by atoms with E-state index in [1.807, 2.05) is 70.2 Å². The summed E-state index contributed by atoms with van der Waals surface area (Å²) < 4.78 is 2.16. The van der Waals surface area contributed by atoms with Crippen LogP contribution in [0.1, 0.15) is 28.1 Å². The summed E-state index contributed by atoms with van der Waals surface area (Å²) in [6.45, 7) is 7.90. The van der Waals surface area contributed by atoms with Crippen LogP contribution in [0.2, 0.25) is 0 Å². The van der Waals surface area contributed by atoms with Gasteiger partial charge in [-0.3, -0.25) is 19.8 Å². The van der Waals surface area contributed by atoms with Crippen LogP contribution in [0.4, 0.5) is 5.69 Å². The number of hydrogen-bond donors (Lipinski definition) is 1. The maximum Gasteiger partial charge on any atom is 0.270 e. The number of carbonyl (C=O) groups is 2. The van der Waals surface area contributed by atoms with Crippen LogP contribution in [0.5, 0.6) is 0 Å². The van der Waals surface area contributed by atoms with Gasteiger partial charge in [0.15, 0.2) is 5.11 Å². The first-order valence-electron chi connectivity index (χ1n) is 11.4. The Balaban J connectivity index is 1.61. The van der Waals surface area contributed by atoms with Crippen LogP contribution in [0, 0.1) is 27.7 Å². The van der Waals surface area contributed by atoms with E-state index >= 15 is 0 Å². The van der Waals surface area contributed by atoms with E-state index in [1.54, 1.807) is 6.08 Å². The number of carbonyl (C=O) groups excluding carboxylic acids is 2. The van der Waals surface area contributed by atoms with Crippen molar-refractivity contribution in [1.29, 1.82) is 0 Å². The molecule has 6 heteroatoms. The Hall–Kier alpha value is -4.03. The van der Waals surface area contributed by atoms with Crippen molar-refractivity contribution in [3.8, 4) is 5.69 Å². The van der Waals surface area contributed by atoms with Crippen molar-refractivity contribution >= 4 is 51.7 Å². The lowest BCUT2D eigenvalue weighted by Gasteiger charge is -2.30. The second kappa shape index (κ2) is 8.64. The number of amides is 2. The van der Waals surface area contributed by atoms with Gasteiger partial charge in [0, 0.05) is 16.8 Å². The first-order valence-corrected chi connectivity index (χ1v) is 11.8. The molecule has 35 heavy (non-hydrogen) atoms. The van der Waals surface area contributed by atoms with Crippen LogP contribution in [-0.2, 0) is 9.59 Å². The molecule has 0 aliphatic carbocycles. The van der Waals surface area contributed by atoms with E-state index in [9.17, 15) is 9.59 Å². The average Bonchev–Trinajstić information content (AvgIpc) is 3.11. The topological polar surface area (TPSA) is 54.3 Å². The summed E-state index contributed by atoms with van der Waals surface area (Å²) in [5, 5.41) is 5.07. The number of anilines is 1. The number of hydrogen-bond acceptors (Lipinski definition) is 3. The molecule has 1 N–H and O–H groups in total. The van der Waals surface area contributed by atoms with Gasteiger partial charge in [-0.05, 0) is 86.3 Å². The number of fused-ring (bicyclic) bond motifs is 1. The summed E-state index contributed by atoms with van der Waals surface area (Å²) >= 11 is 5.39. The van der Waals surface area contributed by atoms with Crippen molar-refractivity contribution in [2.24, 2.45) is 0 Å². The van der Waals surface area contributed by atoms with Crippen LogP contribution in [0.25, 0.3) is 22.5 Å². The van der Waals surface area contributed by atoms with Crippen molar-refractivity contribution in [2.45, 2.75) is 27.7 Å². The summed E-state index contributed by atoms with van der Waals surface area (Å²) in [6, 6.07) is 22.3. The number of thiocarbonyl (C=S) groups is 1. The van der Waals surface area contributed by atoms with Gasteiger partial charge in [0.25, 0.3) is 11.8 Å². The number of aromatic nitrogens is 1. The van der Waals surface area contributed by atoms with E-state index < -0.39 is 11.8 Å². The van der Waals surface area contributed by atoms with Crippen molar-refractivity contribution in [2.75, 3.05) is 4.90 Å². The maximum atomic E-state index is 13.6. The van der Waals surface area contributed by atoms with Gasteiger partial charge in [-0.25, -0.2) is 0 Å². The summed E-state index contributed by atoms with van der Waals surface area (Å²) in [5.41, 5.74) is 6.45. The third-order valence-corrected chi connectivity index (χ3v) is 6.77. The SMILES string of the molecule is Cc1ccc(C)c(N2C(=O)/C(=C/c3cc(C)n(-c4cccc5ccccc45)c3C)C(=O)NC2=S)c1. The Morgan fingerprint density at radius 2 is 1.60 bits per heavy atom. The van der Waals surface area contributed by atoms with Crippen molar-refractivity contribution in [3.05, 3.63) is 100 Å². The zero-order chi connectivity index (χ0) is 24.9. The molecule has 0 unspecified atom stereocenters. The largest absolute Gasteiger partial charge is 0.317 e. The van der Waals surface area contributed by atoms with Crippen LogP contribution < -0.4 is 10.2 Å². The van der Waals surface area contributed by atoms with Crippen LogP contribution >= 0.6 is 12.2 Å².